The van der Waals surface area contributed by atoms with Gasteiger partial charge in [0.05, 0.1) is 11.5 Å². The van der Waals surface area contributed by atoms with Crippen molar-refractivity contribution in [2.45, 2.75) is 58.0 Å². The lowest BCUT2D eigenvalue weighted by atomic mass is 10.2. The molecule has 1 aliphatic carbocycles. The molecular weight excluding hydrogens is 312 g/mol. The fraction of sp³-hybridized carbons (Fsp3) is 0.750. The van der Waals surface area contributed by atoms with Gasteiger partial charge in [0.25, 0.3) is 0 Å². The largest absolute Gasteiger partial charge is 0.367 e. The van der Waals surface area contributed by atoms with Crippen molar-refractivity contribution in [3.8, 4) is 0 Å². The molecule has 0 radical (unpaired) electrons. The van der Waals surface area contributed by atoms with Gasteiger partial charge in [-0.1, -0.05) is 12.8 Å². The predicted molar refractivity (Wildman–Crippen MR) is 92.7 cm³/mol. The Morgan fingerprint density at radius 3 is 2.61 bits per heavy atom. The molecule has 1 aliphatic heterocycles. The first-order chi connectivity index (χ1) is 11.0. The smallest absolute Gasteiger partial charge is 0.152 e. The number of hydrogen-bond acceptors (Lipinski definition) is 6. The number of aryl methyl sites for hydroxylation is 1. The van der Waals surface area contributed by atoms with Gasteiger partial charge in [-0.2, -0.15) is 0 Å². The minimum Gasteiger partial charge on any atom is -0.367 e. The number of anilines is 2. The molecule has 128 valence electrons. The van der Waals surface area contributed by atoms with E-state index in [1.54, 1.807) is 0 Å². The fourth-order valence-corrected chi connectivity index (χ4v) is 5.41. The number of sulfone groups is 1. The first kappa shape index (κ1) is 16.5. The summed E-state index contributed by atoms with van der Waals surface area (Å²) in [7, 11) is -2.90. The summed E-state index contributed by atoms with van der Waals surface area (Å²) in [6.07, 6.45) is 5.61. The van der Waals surface area contributed by atoms with Gasteiger partial charge in [0.15, 0.2) is 9.84 Å². The van der Waals surface area contributed by atoms with E-state index in [0.29, 0.717) is 12.5 Å². The monoisotopic (exact) mass is 338 g/mol. The summed E-state index contributed by atoms with van der Waals surface area (Å²) in [5.74, 6) is 2.93. The van der Waals surface area contributed by atoms with Gasteiger partial charge >= 0.3 is 0 Å². The summed E-state index contributed by atoms with van der Waals surface area (Å²) in [5.41, 5.74) is 0. The Hall–Kier alpha value is -1.37. The van der Waals surface area contributed by atoms with Crippen molar-refractivity contribution in [3.63, 3.8) is 0 Å². The highest BCUT2D eigenvalue weighted by Gasteiger charge is 2.32. The lowest BCUT2D eigenvalue weighted by molar-refractivity contribution is 0.599. The van der Waals surface area contributed by atoms with E-state index in [4.69, 9.17) is 0 Å². The van der Waals surface area contributed by atoms with Gasteiger partial charge in [0.1, 0.15) is 17.5 Å². The van der Waals surface area contributed by atoms with Crippen molar-refractivity contribution in [1.29, 1.82) is 0 Å². The van der Waals surface area contributed by atoms with Crippen LogP contribution in [0.1, 0.15) is 44.9 Å². The number of rotatable bonds is 5. The Morgan fingerprint density at radius 1 is 1.26 bits per heavy atom. The van der Waals surface area contributed by atoms with E-state index in [1.165, 1.54) is 25.7 Å². The molecule has 1 N–H and O–H groups in total. The van der Waals surface area contributed by atoms with Gasteiger partial charge in [-0.15, -0.1) is 0 Å². The van der Waals surface area contributed by atoms with Gasteiger partial charge in [-0.25, -0.2) is 18.4 Å². The van der Waals surface area contributed by atoms with Crippen LogP contribution in [-0.4, -0.2) is 48.5 Å². The van der Waals surface area contributed by atoms with Crippen molar-refractivity contribution in [2.24, 2.45) is 0 Å². The van der Waals surface area contributed by atoms with E-state index in [1.807, 2.05) is 19.9 Å². The van der Waals surface area contributed by atoms with Gasteiger partial charge in [0, 0.05) is 24.7 Å². The van der Waals surface area contributed by atoms with Crippen LogP contribution >= 0.6 is 0 Å². The highest BCUT2D eigenvalue weighted by Crippen LogP contribution is 2.26. The normalized spacial score (nSPS) is 24.0. The molecule has 2 heterocycles. The van der Waals surface area contributed by atoms with E-state index in [-0.39, 0.29) is 17.5 Å². The van der Waals surface area contributed by atoms with Crippen LogP contribution in [0.15, 0.2) is 6.07 Å². The summed E-state index contributed by atoms with van der Waals surface area (Å²) >= 11 is 0. The molecule has 0 amide bonds. The van der Waals surface area contributed by atoms with Crippen molar-refractivity contribution in [3.05, 3.63) is 11.9 Å². The lowest BCUT2D eigenvalue weighted by Crippen LogP contribution is -2.37. The van der Waals surface area contributed by atoms with Crippen LogP contribution in [-0.2, 0) is 9.84 Å². The van der Waals surface area contributed by atoms with E-state index < -0.39 is 9.84 Å². The Morgan fingerprint density at radius 2 is 2.00 bits per heavy atom. The van der Waals surface area contributed by atoms with E-state index in [2.05, 4.69) is 20.2 Å². The number of aromatic nitrogens is 2. The molecule has 1 unspecified atom stereocenters. The second-order valence-electron chi connectivity index (χ2n) is 6.63. The van der Waals surface area contributed by atoms with E-state index in [0.717, 1.165) is 24.0 Å². The zero-order valence-corrected chi connectivity index (χ0v) is 14.8. The Bertz CT molecular complexity index is 656. The van der Waals surface area contributed by atoms with Crippen LogP contribution in [0, 0.1) is 6.92 Å². The molecule has 1 saturated carbocycles. The lowest BCUT2D eigenvalue weighted by Gasteiger charge is -2.28. The second kappa shape index (κ2) is 6.63. The average molecular weight is 338 g/mol. The van der Waals surface area contributed by atoms with Crippen LogP contribution in [0.2, 0.25) is 0 Å². The standard InChI is InChI=1S/C16H26N4O2S/c1-3-20(14-8-9-23(21,22)11-14)16-10-15(17-12(2)18-16)19-13-6-4-5-7-13/h10,13-14H,3-9,11H2,1-2H3,(H,17,18,19). The Kier molecular flexibility index (Phi) is 4.75. The molecule has 1 atom stereocenters. The molecule has 3 rings (SSSR count). The molecule has 2 fully saturated rings. The minimum atomic E-state index is -2.90. The molecule has 0 aromatic carbocycles. The average Bonchev–Trinajstić information content (AvgIpc) is 3.09. The third-order valence-electron chi connectivity index (χ3n) is 4.82. The van der Waals surface area contributed by atoms with E-state index in [9.17, 15) is 8.42 Å². The molecule has 23 heavy (non-hydrogen) atoms. The topological polar surface area (TPSA) is 75.2 Å². The number of nitrogens with zero attached hydrogens (tertiary/aromatic N) is 3. The predicted octanol–water partition coefficient (Wildman–Crippen LogP) is 2.15. The minimum absolute atomic E-state index is 0.0265. The van der Waals surface area contributed by atoms with Crippen molar-refractivity contribution in [1.82, 2.24) is 9.97 Å². The summed E-state index contributed by atoms with van der Waals surface area (Å²) in [4.78, 5) is 11.2. The van der Waals surface area contributed by atoms with Gasteiger partial charge in [0.2, 0.25) is 0 Å². The maximum absolute atomic E-state index is 11.8. The maximum atomic E-state index is 11.8. The first-order valence-electron chi connectivity index (χ1n) is 8.56. The van der Waals surface area contributed by atoms with Crippen LogP contribution in [0.25, 0.3) is 0 Å². The molecule has 0 bridgehead atoms. The molecule has 2 aliphatic rings. The molecule has 1 aromatic rings. The molecule has 1 saturated heterocycles. The quantitative estimate of drug-likeness (QED) is 0.887. The highest BCUT2D eigenvalue weighted by atomic mass is 32.2. The fourth-order valence-electron chi connectivity index (χ4n) is 3.68. The van der Waals surface area contributed by atoms with Crippen LogP contribution in [0.4, 0.5) is 11.6 Å². The van der Waals surface area contributed by atoms with Crippen LogP contribution in [0.5, 0.6) is 0 Å². The van der Waals surface area contributed by atoms with E-state index >= 15 is 0 Å². The zero-order chi connectivity index (χ0) is 16.4. The third-order valence-corrected chi connectivity index (χ3v) is 6.57. The second-order valence-corrected chi connectivity index (χ2v) is 8.86. The summed E-state index contributed by atoms with van der Waals surface area (Å²) in [5, 5.41) is 3.51. The van der Waals surface area contributed by atoms with Crippen molar-refractivity contribution in [2.75, 3.05) is 28.3 Å². The molecule has 7 heteroatoms. The molecular formula is C16H26N4O2S. The SMILES string of the molecule is CCN(c1cc(NC2CCCC2)nc(C)n1)C1CCS(=O)(=O)C1. The van der Waals surface area contributed by atoms with Crippen LogP contribution in [0.3, 0.4) is 0 Å². The third kappa shape index (κ3) is 3.94. The summed E-state index contributed by atoms with van der Waals surface area (Å²) in [6, 6.07) is 2.50. The van der Waals surface area contributed by atoms with Gasteiger partial charge in [-0.05, 0) is 33.1 Å². The van der Waals surface area contributed by atoms with Crippen LogP contribution < -0.4 is 10.2 Å². The van der Waals surface area contributed by atoms with Gasteiger partial charge in [-0.3, -0.25) is 0 Å². The van der Waals surface area contributed by atoms with Gasteiger partial charge < -0.3 is 10.2 Å². The zero-order valence-electron chi connectivity index (χ0n) is 14.0. The highest BCUT2D eigenvalue weighted by molar-refractivity contribution is 7.91. The Labute approximate surface area is 138 Å². The summed E-state index contributed by atoms with van der Waals surface area (Å²) in [6.45, 7) is 4.69. The summed E-state index contributed by atoms with van der Waals surface area (Å²) < 4.78 is 23.6. The number of hydrogen-bond donors (Lipinski definition) is 1. The van der Waals surface area contributed by atoms with Crippen molar-refractivity contribution < 1.29 is 8.42 Å². The maximum Gasteiger partial charge on any atom is 0.152 e. The Balaban J connectivity index is 1.80. The molecule has 1 aromatic heterocycles. The number of nitrogens with one attached hydrogen (secondary N) is 1. The molecule has 6 nitrogen and oxygen atoms in total. The molecule has 0 spiro atoms. The van der Waals surface area contributed by atoms with Crippen molar-refractivity contribution >= 4 is 21.5 Å². The first-order valence-corrected chi connectivity index (χ1v) is 10.4.